The van der Waals surface area contributed by atoms with E-state index in [0.717, 1.165) is 51.5 Å². The van der Waals surface area contributed by atoms with Gasteiger partial charge in [0.25, 0.3) is 0 Å². The van der Waals surface area contributed by atoms with Crippen molar-refractivity contribution in [3.05, 3.63) is 54.5 Å². The quantitative estimate of drug-likeness (QED) is 0.513. The average Bonchev–Trinajstić information content (AvgIpc) is 2.90. The smallest absolute Gasteiger partial charge is 0.343 e. The number of benzene rings is 1. The van der Waals surface area contributed by atoms with Crippen molar-refractivity contribution in [3.8, 4) is 0 Å². The average molecular weight is 467 g/mol. The second-order valence-electron chi connectivity index (χ2n) is 9.36. The second-order valence-corrected chi connectivity index (χ2v) is 9.36. The number of aliphatic hydroxyl groups is 1. The molecule has 2 fully saturated rings. The van der Waals surface area contributed by atoms with E-state index in [1.165, 1.54) is 6.33 Å². The van der Waals surface area contributed by atoms with Gasteiger partial charge in [0.15, 0.2) is 5.60 Å². The minimum Gasteiger partial charge on any atom is -0.462 e. The van der Waals surface area contributed by atoms with Gasteiger partial charge in [0.1, 0.15) is 18.8 Å². The standard InChI is InChI=1S/C26H34N4O4/c31-24(30-23-13-15-28-18-29-23)22(19-8-7-14-27-16-19)17-34-25(32)26(33,20-9-3-1-4-10-20)21-11-5-2-6-12-21/h1,3-4,9-10,13,15,18-19,21-22,27,33H,2,5-8,11-12,14,16-17H2,(H,28,29,30,31)/t19-,22?,26?/m0/s1. The van der Waals surface area contributed by atoms with E-state index in [0.29, 0.717) is 17.9 Å². The number of hydrogen-bond acceptors (Lipinski definition) is 7. The second kappa shape index (κ2) is 11.5. The number of carbonyl (C=O) groups is 2. The molecule has 3 N–H and O–H groups in total. The molecule has 2 aliphatic rings. The molecule has 1 saturated heterocycles. The van der Waals surface area contributed by atoms with Crippen molar-refractivity contribution in [3.63, 3.8) is 0 Å². The molecular formula is C26H34N4O4. The van der Waals surface area contributed by atoms with Crippen LogP contribution in [0.5, 0.6) is 0 Å². The van der Waals surface area contributed by atoms with Crippen LogP contribution in [-0.4, -0.2) is 46.6 Å². The van der Waals surface area contributed by atoms with Crippen LogP contribution in [0.4, 0.5) is 5.82 Å². The molecule has 8 heteroatoms. The zero-order valence-electron chi connectivity index (χ0n) is 19.5. The summed E-state index contributed by atoms with van der Waals surface area (Å²) in [5.41, 5.74) is -1.17. The zero-order chi connectivity index (χ0) is 23.8. The highest BCUT2D eigenvalue weighted by Gasteiger charge is 2.47. The van der Waals surface area contributed by atoms with Gasteiger partial charge in [-0.3, -0.25) is 4.79 Å². The lowest BCUT2D eigenvalue weighted by atomic mass is 9.73. The molecule has 1 aliphatic carbocycles. The van der Waals surface area contributed by atoms with E-state index in [-0.39, 0.29) is 24.3 Å². The maximum Gasteiger partial charge on any atom is 0.343 e. The van der Waals surface area contributed by atoms with Crippen molar-refractivity contribution in [2.24, 2.45) is 17.8 Å². The lowest BCUT2D eigenvalue weighted by Crippen LogP contribution is -2.47. The van der Waals surface area contributed by atoms with E-state index >= 15 is 0 Å². The molecule has 182 valence electrons. The van der Waals surface area contributed by atoms with E-state index in [1.807, 2.05) is 18.2 Å². The number of rotatable bonds is 8. The molecule has 1 amide bonds. The highest BCUT2D eigenvalue weighted by molar-refractivity contribution is 5.92. The first-order valence-electron chi connectivity index (χ1n) is 12.3. The van der Waals surface area contributed by atoms with Crippen LogP contribution in [0.3, 0.4) is 0 Å². The van der Waals surface area contributed by atoms with Gasteiger partial charge in [-0.15, -0.1) is 0 Å². The number of amides is 1. The van der Waals surface area contributed by atoms with Crippen LogP contribution in [0.15, 0.2) is 48.9 Å². The number of carbonyl (C=O) groups excluding carboxylic acids is 2. The molecule has 0 radical (unpaired) electrons. The van der Waals surface area contributed by atoms with E-state index < -0.39 is 17.5 Å². The predicted molar refractivity (Wildman–Crippen MR) is 128 cm³/mol. The largest absolute Gasteiger partial charge is 0.462 e. The number of piperidine rings is 1. The van der Waals surface area contributed by atoms with Crippen molar-refractivity contribution in [2.45, 2.75) is 50.5 Å². The number of hydrogen-bond donors (Lipinski definition) is 3. The summed E-state index contributed by atoms with van der Waals surface area (Å²) in [5.74, 6) is -1.26. The van der Waals surface area contributed by atoms with Crippen LogP contribution in [0.2, 0.25) is 0 Å². The van der Waals surface area contributed by atoms with Crippen molar-refractivity contribution < 1.29 is 19.4 Å². The Balaban J connectivity index is 1.52. The summed E-state index contributed by atoms with van der Waals surface area (Å²) < 4.78 is 5.78. The van der Waals surface area contributed by atoms with Crippen LogP contribution < -0.4 is 10.6 Å². The maximum atomic E-state index is 13.5. The molecule has 34 heavy (non-hydrogen) atoms. The molecule has 2 heterocycles. The Hall–Kier alpha value is -2.84. The number of ether oxygens (including phenoxy) is 1. The van der Waals surface area contributed by atoms with Gasteiger partial charge in [0.2, 0.25) is 5.91 Å². The highest BCUT2D eigenvalue weighted by atomic mass is 16.6. The third kappa shape index (κ3) is 5.62. The summed E-state index contributed by atoms with van der Waals surface area (Å²) in [6.45, 7) is 1.49. The fourth-order valence-corrected chi connectivity index (χ4v) is 5.24. The Morgan fingerprint density at radius 2 is 1.91 bits per heavy atom. The minimum absolute atomic E-state index is 0.0166. The molecule has 1 saturated carbocycles. The van der Waals surface area contributed by atoms with Gasteiger partial charge >= 0.3 is 5.97 Å². The topological polar surface area (TPSA) is 113 Å². The van der Waals surface area contributed by atoms with E-state index in [4.69, 9.17) is 4.74 Å². The molecule has 2 aromatic rings. The van der Waals surface area contributed by atoms with Gasteiger partial charge < -0.3 is 20.5 Å². The number of anilines is 1. The third-order valence-electron chi connectivity index (χ3n) is 7.19. The van der Waals surface area contributed by atoms with Crippen molar-refractivity contribution in [2.75, 3.05) is 25.0 Å². The summed E-state index contributed by atoms with van der Waals surface area (Å²) in [6.07, 6.45) is 9.34. The molecular weight excluding hydrogens is 432 g/mol. The Morgan fingerprint density at radius 3 is 2.59 bits per heavy atom. The maximum absolute atomic E-state index is 13.5. The summed E-state index contributed by atoms with van der Waals surface area (Å²) in [6, 6.07) is 10.7. The number of esters is 1. The summed E-state index contributed by atoms with van der Waals surface area (Å²) >= 11 is 0. The van der Waals surface area contributed by atoms with Gasteiger partial charge in [0.05, 0.1) is 5.92 Å². The monoisotopic (exact) mass is 466 g/mol. The van der Waals surface area contributed by atoms with Gasteiger partial charge in [-0.05, 0) is 56.3 Å². The van der Waals surface area contributed by atoms with Crippen molar-refractivity contribution in [1.29, 1.82) is 0 Å². The van der Waals surface area contributed by atoms with Crippen LogP contribution in [0.25, 0.3) is 0 Å². The molecule has 0 spiro atoms. The predicted octanol–water partition coefficient (Wildman–Crippen LogP) is 3.04. The van der Waals surface area contributed by atoms with E-state index in [9.17, 15) is 14.7 Å². The third-order valence-corrected chi connectivity index (χ3v) is 7.19. The Bertz CT molecular complexity index is 930. The van der Waals surface area contributed by atoms with Crippen LogP contribution >= 0.6 is 0 Å². The van der Waals surface area contributed by atoms with E-state index in [2.05, 4.69) is 20.6 Å². The summed E-state index contributed by atoms with van der Waals surface area (Å²) in [4.78, 5) is 34.6. The molecule has 2 unspecified atom stereocenters. The molecule has 4 rings (SSSR count). The normalized spacial score (nSPS) is 21.7. The van der Waals surface area contributed by atoms with Crippen molar-refractivity contribution in [1.82, 2.24) is 15.3 Å². The highest BCUT2D eigenvalue weighted by Crippen LogP contribution is 2.40. The first-order valence-corrected chi connectivity index (χ1v) is 12.3. The first kappa shape index (κ1) is 24.3. The first-order chi connectivity index (χ1) is 16.6. The molecule has 1 aliphatic heterocycles. The van der Waals surface area contributed by atoms with E-state index in [1.54, 1.807) is 24.4 Å². The van der Waals surface area contributed by atoms with Crippen LogP contribution in [0, 0.1) is 17.8 Å². The Morgan fingerprint density at radius 1 is 1.12 bits per heavy atom. The molecule has 0 bridgehead atoms. The Labute approximate surface area is 200 Å². The Kier molecular flexibility index (Phi) is 8.24. The lowest BCUT2D eigenvalue weighted by Gasteiger charge is -2.37. The number of aromatic nitrogens is 2. The minimum atomic E-state index is -1.72. The van der Waals surface area contributed by atoms with Gasteiger partial charge in [-0.2, -0.15) is 0 Å². The molecule has 8 nitrogen and oxygen atoms in total. The van der Waals surface area contributed by atoms with Gasteiger partial charge in [0, 0.05) is 12.1 Å². The molecule has 1 aromatic heterocycles. The summed E-state index contributed by atoms with van der Waals surface area (Å²) in [7, 11) is 0. The van der Waals surface area contributed by atoms with Crippen LogP contribution in [0.1, 0.15) is 50.5 Å². The van der Waals surface area contributed by atoms with Crippen LogP contribution in [-0.2, 0) is 19.9 Å². The fraction of sp³-hybridized carbons (Fsp3) is 0.538. The number of nitrogens with one attached hydrogen (secondary N) is 2. The molecule has 1 aromatic carbocycles. The number of nitrogens with zero attached hydrogens (tertiary/aromatic N) is 2. The fourth-order valence-electron chi connectivity index (χ4n) is 5.24. The molecule has 3 atom stereocenters. The SMILES string of the molecule is O=C(Nc1ccncn1)C(COC(=O)C(O)(c1ccccc1)C1CCCCC1)[C@H]1CCCNC1. The zero-order valence-corrected chi connectivity index (χ0v) is 19.5. The van der Waals surface area contributed by atoms with Crippen molar-refractivity contribution >= 4 is 17.7 Å². The lowest BCUT2D eigenvalue weighted by molar-refractivity contribution is -0.177. The summed E-state index contributed by atoms with van der Waals surface area (Å²) in [5, 5.41) is 17.9. The van der Waals surface area contributed by atoms with Gasteiger partial charge in [-0.1, -0.05) is 49.6 Å². The van der Waals surface area contributed by atoms with Gasteiger partial charge in [-0.25, -0.2) is 14.8 Å².